The lowest BCUT2D eigenvalue weighted by Crippen LogP contribution is -2.32. The molecule has 3 rings (SSSR count). The molecule has 1 saturated heterocycles. The van der Waals surface area contributed by atoms with Gasteiger partial charge in [-0.05, 0) is 17.7 Å². The predicted octanol–water partition coefficient (Wildman–Crippen LogP) is 2.37. The van der Waals surface area contributed by atoms with Crippen LogP contribution in [0, 0.1) is 5.92 Å². The highest BCUT2D eigenvalue weighted by atomic mass is 16.5. The third-order valence-corrected chi connectivity index (χ3v) is 4.48. The van der Waals surface area contributed by atoms with Crippen LogP contribution in [-0.2, 0) is 16.1 Å². The van der Waals surface area contributed by atoms with Gasteiger partial charge < -0.3 is 19.7 Å². The maximum atomic E-state index is 12.5. The summed E-state index contributed by atoms with van der Waals surface area (Å²) in [6.07, 6.45) is 0.182. The Morgan fingerprint density at radius 2 is 1.92 bits per heavy atom. The van der Waals surface area contributed by atoms with Gasteiger partial charge in [0.2, 0.25) is 11.8 Å². The van der Waals surface area contributed by atoms with Crippen LogP contribution in [0.25, 0.3) is 0 Å². The van der Waals surface area contributed by atoms with Crippen LogP contribution in [0.1, 0.15) is 12.0 Å². The fraction of sp³-hybridized carbons (Fsp3) is 0.300. The number of carbonyl (C=O) groups is 2. The van der Waals surface area contributed by atoms with Gasteiger partial charge in [-0.2, -0.15) is 0 Å². The Kier molecular flexibility index (Phi) is 5.41. The first-order valence-electron chi connectivity index (χ1n) is 8.46. The summed E-state index contributed by atoms with van der Waals surface area (Å²) in [5.41, 5.74) is 1.65. The van der Waals surface area contributed by atoms with Gasteiger partial charge >= 0.3 is 0 Å². The van der Waals surface area contributed by atoms with Crippen molar-refractivity contribution in [3.05, 3.63) is 54.1 Å². The highest BCUT2D eigenvalue weighted by molar-refractivity contribution is 6.01. The largest absolute Gasteiger partial charge is 0.497 e. The van der Waals surface area contributed by atoms with Gasteiger partial charge in [-0.1, -0.05) is 30.3 Å². The van der Waals surface area contributed by atoms with Crippen molar-refractivity contribution in [2.75, 3.05) is 25.7 Å². The molecule has 1 atom stereocenters. The van der Waals surface area contributed by atoms with Gasteiger partial charge in [0.05, 0.1) is 25.8 Å². The van der Waals surface area contributed by atoms with E-state index in [1.807, 2.05) is 30.3 Å². The number of carbonyl (C=O) groups excluding carboxylic acids is 2. The molecule has 0 aromatic heterocycles. The van der Waals surface area contributed by atoms with Gasteiger partial charge in [-0.3, -0.25) is 9.59 Å². The molecule has 1 fully saturated rings. The van der Waals surface area contributed by atoms with E-state index in [0.717, 1.165) is 5.56 Å². The maximum Gasteiger partial charge on any atom is 0.227 e. The first kappa shape index (κ1) is 17.8. The summed E-state index contributed by atoms with van der Waals surface area (Å²) in [5.74, 6) is 0.597. The van der Waals surface area contributed by atoms with Crippen molar-refractivity contribution < 1.29 is 19.1 Å². The zero-order valence-corrected chi connectivity index (χ0v) is 14.9. The quantitative estimate of drug-likeness (QED) is 0.865. The number of nitrogens with zero attached hydrogens (tertiary/aromatic N) is 1. The van der Waals surface area contributed by atoms with Crippen LogP contribution >= 0.6 is 0 Å². The highest BCUT2D eigenvalue weighted by Crippen LogP contribution is 2.36. The number of ether oxygens (including phenoxy) is 2. The van der Waals surface area contributed by atoms with Gasteiger partial charge in [-0.15, -0.1) is 0 Å². The summed E-state index contributed by atoms with van der Waals surface area (Å²) in [4.78, 5) is 26.5. The van der Waals surface area contributed by atoms with Crippen LogP contribution in [-0.4, -0.2) is 32.6 Å². The summed E-state index contributed by atoms with van der Waals surface area (Å²) < 4.78 is 10.6. The number of benzene rings is 2. The Morgan fingerprint density at radius 1 is 1.15 bits per heavy atom. The van der Waals surface area contributed by atoms with Crippen molar-refractivity contribution >= 4 is 17.5 Å². The zero-order valence-electron chi connectivity index (χ0n) is 14.9. The molecule has 6 nitrogen and oxygen atoms in total. The van der Waals surface area contributed by atoms with Crippen molar-refractivity contribution in [3.8, 4) is 11.5 Å². The summed E-state index contributed by atoms with van der Waals surface area (Å²) >= 11 is 0. The Bertz CT molecular complexity index is 792. The van der Waals surface area contributed by atoms with E-state index in [4.69, 9.17) is 9.47 Å². The lowest BCUT2D eigenvalue weighted by molar-refractivity contribution is -0.126. The summed E-state index contributed by atoms with van der Waals surface area (Å²) in [6, 6.07) is 15.0. The van der Waals surface area contributed by atoms with Crippen LogP contribution in [0.3, 0.4) is 0 Å². The molecule has 1 heterocycles. The average Bonchev–Trinajstić information content (AvgIpc) is 3.08. The molecule has 2 amide bonds. The molecule has 2 aromatic carbocycles. The lowest BCUT2D eigenvalue weighted by atomic mass is 10.1. The Labute approximate surface area is 152 Å². The van der Waals surface area contributed by atoms with Crippen molar-refractivity contribution in [3.63, 3.8) is 0 Å². The first-order valence-corrected chi connectivity index (χ1v) is 8.46. The minimum Gasteiger partial charge on any atom is -0.497 e. The van der Waals surface area contributed by atoms with E-state index in [-0.39, 0.29) is 24.2 Å². The van der Waals surface area contributed by atoms with E-state index in [1.54, 1.807) is 37.3 Å². The minimum absolute atomic E-state index is 0.101. The van der Waals surface area contributed by atoms with Crippen molar-refractivity contribution in [2.24, 2.45) is 5.92 Å². The summed E-state index contributed by atoms with van der Waals surface area (Å²) in [7, 11) is 3.12. The standard InChI is InChI=1S/C20H22N2O4/c1-25-16-8-9-18(26-2)17(11-16)22-13-15(10-19(22)23)20(24)21-12-14-6-4-3-5-7-14/h3-9,11,15H,10,12-13H2,1-2H3,(H,21,24). The fourth-order valence-electron chi connectivity index (χ4n) is 3.05. The topological polar surface area (TPSA) is 67.9 Å². The molecule has 1 aliphatic rings. The number of hydrogen-bond acceptors (Lipinski definition) is 4. The number of amides is 2. The minimum atomic E-state index is -0.387. The molecule has 26 heavy (non-hydrogen) atoms. The monoisotopic (exact) mass is 354 g/mol. The maximum absolute atomic E-state index is 12.5. The van der Waals surface area contributed by atoms with Gasteiger partial charge in [0.25, 0.3) is 0 Å². The van der Waals surface area contributed by atoms with E-state index in [2.05, 4.69) is 5.32 Å². The zero-order chi connectivity index (χ0) is 18.5. The molecule has 0 aliphatic carbocycles. The third kappa shape index (κ3) is 3.79. The molecule has 1 unspecified atom stereocenters. The van der Waals surface area contributed by atoms with E-state index >= 15 is 0 Å². The Balaban J connectivity index is 1.69. The van der Waals surface area contributed by atoms with Crippen molar-refractivity contribution in [1.29, 1.82) is 0 Å². The van der Waals surface area contributed by atoms with Crippen LogP contribution in [0.2, 0.25) is 0 Å². The molecule has 0 radical (unpaired) electrons. The van der Waals surface area contributed by atoms with Gasteiger partial charge in [0, 0.05) is 25.6 Å². The predicted molar refractivity (Wildman–Crippen MR) is 98.3 cm³/mol. The van der Waals surface area contributed by atoms with Crippen LogP contribution < -0.4 is 19.7 Å². The van der Waals surface area contributed by atoms with Crippen LogP contribution in [0.4, 0.5) is 5.69 Å². The second-order valence-corrected chi connectivity index (χ2v) is 6.15. The highest BCUT2D eigenvalue weighted by Gasteiger charge is 2.36. The van der Waals surface area contributed by atoms with Crippen molar-refractivity contribution in [1.82, 2.24) is 5.32 Å². The second-order valence-electron chi connectivity index (χ2n) is 6.15. The van der Waals surface area contributed by atoms with Gasteiger partial charge in [0.15, 0.2) is 0 Å². The van der Waals surface area contributed by atoms with E-state index in [9.17, 15) is 9.59 Å². The fourth-order valence-corrected chi connectivity index (χ4v) is 3.05. The molecule has 1 N–H and O–H groups in total. The van der Waals surface area contributed by atoms with E-state index < -0.39 is 0 Å². The molecule has 136 valence electrons. The molecule has 6 heteroatoms. The second kappa shape index (κ2) is 7.91. The molecule has 1 aliphatic heterocycles. The Morgan fingerprint density at radius 3 is 2.62 bits per heavy atom. The average molecular weight is 354 g/mol. The lowest BCUT2D eigenvalue weighted by Gasteiger charge is -2.20. The van der Waals surface area contributed by atoms with Crippen LogP contribution in [0.15, 0.2) is 48.5 Å². The normalized spacial score (nSPS) is 16.5. The van der Waals surface area contributed by atoms with Gasteiger partial charge in [-0.25, -0.2) is 0 Å². The molecule has 0 bridgehead atoms. The molecular formula is C20H22N2O4. The van der Waals surface area contributed by atoms with E-state index in [1.165, 1.54) is 0 Å². The smallest absolute Gasteiger partial charge is 0.227 e. The number of nitrogens with one attached hydrogen (secondary N) is 1. The Hall–Kier alpha value is -3.02. The molecule has 0 saturated carbocycles. The van der Waals surface area contributed by atoms with Crippen LogP contribution in [0.5, 0.6) is 11.5 Å². The molecule has 0 spiro atoms. The SMILES string of the molecule is COc1ccc(OC)c(N2CC(C(=O)NCc3ccccc3)CC2=O)c1. The number of anilines is 1. The van der Waals surface area contributed by atoms with Crippen molar-refractivity contribution in [2.45, 2.75) is 13.0 Å². The van der Waals surface area contributed by atoms with E-state index in [0.29, 0.717) is 30.3 Å². The number of hydrogen-bond donors (Lipinski definition) is 1. The first-order chi connectivity index (χ1) is 12.6. The molecule has 2 aromatic rings. The molecular weight excluding hydrogens is 332 g/mol. The summed E-state index contributed by atoms with van der Waals surface area (Å²) in [6.45, 7) is 0.774. The van der Waals surface area contributed by atoms with Gasteiger partial charge in [0.1, 0.15) is 11.5 Å². The number of methoxy groups -OCH3 is 2. The summed E-state index contributed by atoms with van der Waals surface area (Å²) in [5, 5.41) is 2.91. The third-order valence-electron chi connectivity index (χ3n) is 4.48. The number of rotatable bonds is 6.